The average Bonchev–Trinajstić information content (AvgIpc) is 3.12. The molecule has 1 aliphatic rings. The van der Waals surface area contributed by atoms with Gasteiger partial charge in [0.15, 0.2) is 0 Å². The Kier molecular flexibility index (Phi) is 4.29. The van der Waals surface area contributed by atoms with Crippen LogP contribution in [0, 0.1) is 6.92 Å². The van der Waals surface area contributed by atoms with Crippen LogP contribution in [-0.4, -0.2) is 30.0 Å². The van der Waals surface area contributed by atoms with Crippen molar-refractivity contribution in [1.82, 2.24) is 10.3 Å². The Balaban J connectivity index is 1.73. The fourth-order valence-corrected chi connectivity index (χ4v) is 3.37. The van der Waals surface area contributed by atoms with Crippen molar-refractivity contribution in [2.24, 2.45) is 5.73 Å². The van der Waals surface area contributed by atoms with E-state index in [1.54, 1.807) is 16.2 Å². The minimum Gasteiger partial charge on any atom is -0.352 e. The maximum atomic E-state index is 12.3. The molecule has 0 bridgehead atoms. The molecule has 0 saturated heterocycles. The number of primary amides is 1. The monoisotopic (exact) mass is 330 g/mol. The number of nitrogens with two attached hydrogens (primary N) is 1. The second-order valence-corrected chi connectivity index (χ2v) is 6.49. The normalized spacial score (nSPS) is 13.0. The van der Waals surface area contributed by atoms with Gasteiger partial charge in [-0.2, -0.15) is 0 Å². The lowest BCUT2D eigenvalue weighted by molar-refractivity contribution is -0.118. The van der Waals surface area contributed by atoms with Crippen LogP contribution >= 0.6 is 11.3 Å². The maximum absolute atomic E-state index is 12.3. The summed E-state index contributed by atoms with van der Waals surface area (Å²) in [5.74, 6) is -0.00486. The number of aromatic nitrogens is 1. The number of amides is 3. The smallest absolute Gasteiger partial charge is 0.312 e. The van der Waals surface area contributed by atoms with Crippen LogP contribution in [0.15, 0.2) is 23.6 Å². The van der Waals surface area contributed by atoms with Crippen LogP contribution in [-0.2, 0) is 11.2 Å². The zero-order valence-electron chi connectivity index (χ0n) is 12.8. The van der Waals surface area contributed by atoms with Gasteiger partial charge in [0.2, 0.25) is 5.91 Å². The van der Waals surface area contributed by atoms with E-state index in [0.29, 0.717) is 6.54 Å². The summed E-state index contributed by atoms with van der Waals surface area (Å²) in [5.41, 5.74) is 9.17. The van der Waals surface area contributed by atoms with Crippen LogP contribution in [0.5, 0.6) is 0 Å². The second-order valence-electron chi connectivity index (χ2n) is 5.43. The SMILES string of the molecule is Cc1nc(-c2ccc3c(c2)CCN3C(=O)CCNC(N)=O)cs1. The maximum Gasteiger partial charge on any atom is 0.312 e. The summed E-state index contributed by atoms with van der Waals surface area (Å²) in [5, 5.41) is 5.53. The lowest BCUT2D eigenvalue weighted by Crippen LogP contribution is -2.35. The van der Waals surface area contributed by atoms with Crippen LogP contribution in [0.3, 0.4) is 0 Å². The first kappa shape index (κ1) is 15.5. The van der Waals surface area contributed by atoms with Crippen LogP contribution in [0.4, 0.5) is 10.5 Å². The lowest BCUT2D eigenvalue weighted by Gasteiger charge is -2.17. The number of rotatable bonds is 4. The van der Waals surface area contributed by atoms with E-state index >= 15 is 0 Å². The van der Waals surface area contributed by atoms with E-state index in [9.17, 15) is 9.59 Å². The molecular weight excluding hydrogens is 312 g/mol. The Hall–Kier alpha value is -2.41. The predicted molar refractivity (Wildman–Crippen MR) is 90.5 cm³/mol. The first-order valence-corrected chi connectivity index (χ1v) is 8.31. The van der Waals surface area contributed by atoms with Crippen molar-refractivity contribution < 1.29 is 9.59 Å². The topological polar surface area (TPSA) is 88.3 Å². The van der Waals surface area contributed by atoms with Crippen LogP contribution in [0.1, 0.15) is 17.0 Å². The zero-order chi connectivity index (χ0) is 16.4. The third-order valence-corrected chi connectivity index (χ3v) is 4.60. The first-order chi connectivity index (χ1) is 11.0. The molecule has 1 aromatic carbocycles. The van der Waals surface area contributed by atoms with Crippen molar-refractivity contribution >= 4 is 29.0 Å². The Morgan fingerprint density at radius 3 is 2.96 bits per heavy atom. The van der Waals surface area contributed by atoms with E-state index < -0.39 is 6.03 Å². The highest BCUT2D eigenvalue weighted by atomic mass is 32.1. The molecule has 0 saturated carbocycles. The fourth-order valence-electron chi connectivity index (χ4n) is 2.74. The molecule has 0 atom stereocenters. The molecular formula is C16H18N4O2S. The van der Waals surface area contributed by atoms with E-state index in [1.807, 2.05) is 24.4 Å². The van der Waals surface area contributed by atoms with E-state index in [1.165, 1.54) is 0 Å². The quantitative estimate of drug-likeness (QED) is 0.899. The molecule has 23 heavy (non-hydrogen) atoms. The molecule has 2 heterocycles. The number of urea groups is 1. The van der Waals surface area contributed by atoms with Gasteiger partial charge in [-0.05, 0) is 31.0 Å². The van der Waals surface area contributed by atoms with Gasteiger partial charge in [0, 0.05) is 36.1 Å². The molecule has 3 N–H and O–H groups in total. The van der Waals surface area contributed by atoms with Crippen LogP contribution in [0.25, 0.3) is 11.3 Å². The van der Waals surface area contributed by atoms with E-state index in [0.717, 1.165) is 33.9 Å². The minimum atomic E-state index is -0.608. The van der Waals surface area contributed by atoms with Gasteiger partial charge in [0.05, 0.1) is 10.7 Å². The van der Waals surface area contributed by atoms with Gasteiger partial charge in [-0.15, -0.1) is 11.3 Å². The van der Waals surface area contributed by atoms with Gasteiger partial charge in [-0.25, -0.2) is 9.78 Å². The van der Waals surface area contributed by atoms with Crippen molar-refractivity contribution in [1.29, 1.82) is 0 Å². The Morgan fingerprint density at radius 1 is 1.43 bits per heavy atom. The van der Waals surface area contributed by atoms with Gasteiger partial charge in [0.1, 0.15) is 0 Å². The molecule has 0 aliphatic carbocycles. The molecule has 1 aromatic heterocycles. The molecule has 0 unspecified atom stereocenters. The number of fused-ring (bicyclic) bond motifs is 1. The zero-order valence-corrected chi connectivity index (χ0v) is 13.7. The second kappa shape index (κ2) is 6.37. The highest BCUT2D eigenvalue weighted by Gasteiger charge is 2.24. The van der Waals surface area contributed by atoms with Gasteiger partial charge in [-0.1, -0.05) is 6.07 Å². The summed E-state index contributed by atoms with van der Waals surface area (Å²) in [6.07, 6.45) is 1.08. The van der Waals surface area contributed by atoms with E-state index in [-0.39, 0.29) is 18.9 Å². The molecule has 6 nitrogen and oxygen atoms in total. The number of anilines is 1. The molecule has 3 amide bonds. The largest absolute Gasteiger partial charge is 0.352 e. The number of carbonyl (C=O) groups excluding carboxylic acids is 2. The lowest BCUT2D eigenvalue weighted by atomic mass is 10.1. The van der Waals surface area contributed by atoms with Crippen LogP contribution in [0.2, 0.25) is 0 Å². The minimum absolute atomic E-state index is 0.00486. The van der Waals surface area contributed by atoms with Crippen molar-refractivity contribution in [3.05, 3.63) is 34.2 Å². The first-order valence-electron chi connectivity index (χ1n) is 7.43. The van der Waals surface area contributed by atoms with Gasteiger partial charge >= 0.3 is 6.03 Å². The number of nitrogens with zero attached hydrogens (tertiary/aromatic N) is 2. The van der Waals surface area contributed by atoms with Gasteiger partial charge in [-0.3, -0.25) is 4.79 Å². The Labute approximate surface area is 138 Å². The molecule has 2 aromatic rings. The van der Waals surface area contributed by atoms with E-state index in [2.05, 4.69) is 16.4 Å². The molecule has 120 valence electrons. The van der Waals surface area contributed by atoms with Gasteiger partial charge in [0.25, 0.3) is 0 Å². The highest BCUT2D eigenvalue weighted by molar-refractivity contribution is 7.09. The number of aryl methyl sites for hydroxylation is 1. The molecule has 0 radical (unpaired) electrons. The highest BCUT2D eigenvalue weighted by Crippen LogP contribution is 2.33. The van der Waals surface area contributed by atoms with Crippen molar-refractivity contribution in [2.45, 2.75) is 19.8 Å². The van der Waals surface area contributed by atoms with Crippen molar-refractivity contribution in [3.63, 3.8) is 0 Å². The molecule has 7 heteroatoms. The number of benzene rings is 1. The summed E-state index contributed by atoms with van der Waals surface area (Å²) in [7, 11) is 0. The van der Waals surface area contributed by atoms with Crippen molar-refractivity contribution in [2.75, 3.05) is 18.0 Å². The number of hydrogen-bond acceptors (Lipinski definition) is 4. The number of hydrogen-bond donors (Lipinski definition) is 2. The summed E-state index contributed by atoms with van der Waals surface area (Å²) >= 11 is 1.63. The average molecular weight is 330 g/mol. The summed E-state index contributed by atoms with van der Waals surface area (Å²) in [4.78, 5) is 29.2. The number of thiazole rings is 1. The third-order valence-electron chi connectivity index (χ3n) is 3.83. The Bertz CT molecular complexity index is 756. The number of nitrogens with one attached hydrogen (secondary N) is 1. The van der Waals surface area contributed by atoms with E-state index in [4.69, 9.17) is 5.73 Å². The predicted octanol–water partition coefficient (Wildman–Crippen LogP) is 2.07. The van der Waals surface area contributed by atoms with Crippen LogP contribution < -0.4 is 16.0 Å². The summed E-state index contributed by atoms with van der Waals surface area (Å²) in [6.45, 7) is 2.92. The summed E-state index contributed by atoms with van der Waals surface area (Å²) < 4.78 is 0. The molecule has 1 aliphatic heterocycles. The Morgan fingerprint density at radius 2 is 2.26 bits per heavy atom. The standard InChI is InChI=1S/C16H18N4O2S/c1-10-19-13(9-23-10)11-2-3-14-12(8-11)5-7-20(14)15(21)4-6-18-16(17)22/h2-3,8-9H,4-7H2,1H3,(H3,17,18,22). The number of carbonyl (C=O) groups is 2. The molecule has 0 fully saturated rings. The fraction of sp³-hybridized carbons (Fsp3) is 0.312. The van der Waals surface area contributed by atoms with Crippen molar-refractivity contribution in [3.8, 4) is 11.3 Å². The third kappa shape index (κ3) is 3.34. The summed E-state index contributed by atoms with van der Waals surface area (Å²) in [6, 6.07) is 5.48. The van der Waals surface area contributed by atoms with Gasteiger partial charge < -0.3 is 16.0 Å². The molecule has 0 spiro atoms. The molecule has 3 rings (SSSR count).